The van der Waals surface area contributed by atoms with Crippen LogP contribution in [0, 0.1) is 0 Å². The van der Waals surface area contributed by atoms with Crippen molar-refractivity contribution in [3.05, 3.63) is 23.8 Å². The highest BCUT2D eigenvalue weighted by atomic mass is 16.5. The normalized spacial score (nSPS) is 19.2. The fraction of sp³-hybridized carbons (Fsp3) is 0.579. The summed E-state index contributed by atoms with van der Waals surface area (Å²) in [5.74, 6) is 0.901. The summed E-state index contributed by atoms with van der Waals surface area (Å²) in [4.78, 5) is 26.0. The number of nitrogens with zero attached hydrogens (tertiary/aromatic N) is 1. The number of amides is 2. The van der Waals surface area contributed by atoms with Gasteiger partial charge < -0.3 is 15.0 Å². The molecular weight excluding hydrogens is 318 g/mol. The van der Waals surface area contributed by atoms with Gasteiger partial charge in [-0.25, -0.2) is 0 Å². The Morgan fingerprint density at radius 3 is 3.00 bits per heavy atom. The summed E-state index contributed by atoms with van der Waals surface area (Å²) in [7, 11) is 0. The Morgan fingerprint density at radius 1 is 1.36 bits per heavy atom. The van der Waals surface area contributed by atoms with E-state index in [0.29, 0.717) is 31.6 Å². The van der Waals surface area contributed by atoms with Crippen molar-refractivity contribution in [2.24, 2.45) is 0 Å². The number of carbonyl (C=O) groups is 2. The molecule has 2 N–H and O–H groups in total. The minimum Gasteiger partial charge on any atom is -0.491 e. The van der Waals surface area contributed by atoms with Crippen molar-refractivity contribution in [3.8, 4) is 5.75 Å². The van der Waals surface area contributed by atoms with E-state index >= 15 is 0 Å². The van der Waals surface area contributed by atoms with E-state index in [4.69, 9.17) is 4.74 Å². The minimum atomic E-state index is 0.0291. The lowest BCUT2D eigenvalue weighted by Crippen LogP contribution is -2.45. The molecule has 25 heavy (non-hydrogen) atoms. The van der Waals surface area contributed by atoms with Crippen LogP contribution < -0.4 is 15.4 Å². The highest BCUT2D eigenvalue weighted by Gasteiger charge is 2.24. The smallest absolute Gasteiger partial charge is 0.224 e. The molecule has 0 aromatic heterocycles. The number of para-hydroxylation sites is 1. The molecule has 0 radical (unpaired) electrons. The number of nitrogens with one attached hydrogen (secondary N) is 2. The lowest BCUT2D eigenvalue weighted by atomic mass is 10.0. The molecule has 1 atom stereocenters. The van der Waals surface area contributed by atoms with Crippen molar-refractivity contribution in [3.63, 3.8) is 0 Å². The number of anilines is 1. The molecule has 1 aromatic rings. The topological polar surface area (TPSA) is 70.7 Å². The van der Waals surface area contributed by atoms with Gasteiger partial charge in [0.05, 0.1) is 18.5 Å². The first-order chi connectivity index (χ1) is 12.2. The van der Waals surface area contributed by atoms with E-state index < -0.39 is 0 Å². The summed E-state index contributed by atoms with van der Waals surface area (Å²) in [6, 6.07) is 5.83. The second-order valence-electron chi connectivity index (χ2n) is 6.58. The summed E-state index contributed by atoms with van der Waals surface area (Å²) in [5, 5.41) is 6.27. The molecule has 6 nitrogen and oxygen atoms in total. The second-order valence-corrected chi connectivity index (χ2v) is 6.58. The summed E-state index contributed by atoms with van der Waals surface area (Å²) in [6.45, 7) is 4.21. The van der Waals surface area contributed by atoms with Crippen LogP contribution >= 0.6 is 0 Å². The van der Waals surface area contributed by atoms with Gasteiger partial charge in [0.1, 0.15) is 5.75 Å². The van der Waals surface area contributed by atoms with Crippen molar-refractivity contribution in [2.45, 2.75) is 51.6 Å². The number of aryl methyl sites for hydroxylation is 1. The zero-order valence-corrected chi connectivity index (χ0v) is 14.8. The average molecular weight is 345 g/mol. The Kier molecular flexibility index (Phi) is 5.91. The van der Waals surface area contributed by atoms with E-state index in [0.717, 1.165) is 43.6 Å². The summed E-state index contributed by atoms with van der Waals surface area (Å²) < 4.78 is 5.84. The van der Waals surface area contributed by atoms with Crippen molar-refractivity contribution in [1.29, 1.82) is 0 Å². The predicted molar refractivity (Wildman–Crippen MR) is 96.5 cm³/mol. The van der Waals surface area contributed by atoms with Crippen LogP contribution in [0.3, 0.4) is 0 Å². The second kappa shape index (κ2) is 8.34. The number of rotatable bonds is 7. The molecule has 1 saturated heterocycles. The minimum absolute atomic E-state index is 0.0291. The monoisotopic (exact) mass is 345 g/mol. The van der Waals surface area contributed by atoms with Gasteiger partial charge in [0, 0.05) is 19.4 Å². The molecule has 0 spiro atoms. The number of hydrogen-bond acceptors (Lipinski definition) is 4. The van der Waals surface area contributed by atoms with Gasteiger partial charge in [-0.05, 0) is 50.8 Å². The molecule has 1 aromatic carbocycles. The fourth-order valence-electron chi connectivity index (χ4n) is 3.55. The maximum atomic E-state index is 12.4. The maximum Gasteiger partial charge on any atom is 0.224 e. The first-order valence-electron chi connectivity index (χ1n) is 9.26. The SMILES string of the molecule is CCN(C(=O)CCCOc1cccc2c1NC(=O)CC2)C1CCCN1. The summed E-state index contributed by atoms with van der Waals surface area (Å²) in [6.07, 6.45) is 4.76. The van der Waals surface area contributed by atoms with Gasteiger partial charge in [0.2, 0.25) is 11.8 Å². The van der Waals surface area contributed by atoms with Crippen LogP contribution in [0.2, 0.25) is 0 Å². The number of ether oxygens (including phenoxy) is 1. The zero-order valence-electron chi connectivity index (χ0n) is 14.8. The summed E-state index contributed by atoms with van der Waals surface area (Å²) >= 11 is 0. The number of fused-ring (bicyclic) bond motifs is 1. The maximum absolute atomic E-state index is 12.4. The molecule has 0 bridgehead atoms. The van der Waals surface area contributed by atoms with Crippen LogP contribution in [0.4, 0.5) is 5.69 Å². The molecule has 1 unspecified atom stereocenters. The first-order valence-corrected chi connectivity index (χ1v) is 9.26. The van der Waals surface area contributed by atoms with Crippen molar-refractivity contribution >= 4 is 17.5 Å². The molecule has 2 amide bonds. The Hall–Kier alpha value is -2.08. The van der Waals surface area contributed by atoms with Crippen LogP contribution in [0.1, 0.15) is 44.6 Å². The van der Waals surface area contributed by atoms with Crippen LogP contribution in [-0.4, -0.2) is 42.6 Å². The lowest BCUT2D eigenvalue weighted by molar-refractivity contribution is -0.133. The van der Waals surface area contributed by atoms with Crippen LogP contribution in [0.5, 0.6) is 5.75 Å². The average Bonchev–Trinajstić information content (AvgIpc) is 3.14. The largest absolute Gasteiger partial charge is 0.491 e. The van der Waals surface area contributed by atoms with Gasteiger partial charge in [0.15, 0.2) is 0 Å². The van der Waals surface area contributed by atoms with Crippen molar-refractivity contribution in [2.75, 3.05) is 25.0 Å². The van der Waals surface area contributed by atoms with Gasteiger partial charge in [0.25, 0.3) is 0 Å². The number of hydrogen-bond donors (Lipinski definition) is 2. The van der Waals surface area contributed by atoms with Gasteiger partial charge in [-0.15, -0.1) is 0 Å². The standard InChI is InChI=1S/C19H27N3O3/c1-2-22(16-8-4-12-20-16)18(24)9-5-13-25-15-7-3-6-14-10-11-17(23)21-19(14)15/h3,6-7,16,20H,2,4-5,8-13H2,1H3,(H,21,23). The third kappa shape index (κ3) is 4.31. The number of benzene rings is 1. The molecule has 2 heterocycles. The van der Waals surface area contributed by atoms with Crippen LogP contribution in [-0.2, 0) is 16.0 Å². The lowest BCUT2D eigenvalue weighted by Gasteiger charge is -2.28. The molecule has 6 heteroatoms. The van der Waals surface area contributed by atoms with Crippen LogP contribution in [0.15, 0.2) is 18.2 Å². The highest BCUT2D eigenvalue weighted by molar-refractivity contribution is 5.95. The summed E-state index contributed by atoms with van der Waals surface area (Å²) in [5.41, 5.74) is 1.90. The molecule has 0 saturated carbocycles. The van der Waals surface area contributed by atoms with E-state index in [1.54, 1.807) is 0 Å². The Bertz CT molecular complexity index is 626. The molecule has 1 fully saturated rings. The molecule has 2 aliphatic heterocycles. The van der Waals surface area contributed by atoms with E-state index in [9.17, 15) is 9.59 Å². The zero-order chi connectivity index (χ0) is 17.6. The van der Waals surface area contributed by atoms with E-state index in [1.165, 1.54) is 0 Å². The predicted octanol–water partition coefficient (Wildman–Crippen LogP) is 2.29. The van der Waals surface area contributed by atoms with Gasteiger partial charge in [-0.1, -0.05) is 12.1 Å². The van der Waals surface area contributed by atoms with Gasteiger partial charge >= 0.3 is 0 Å². The number of carbonyl (C=O) groups excluding carboxylic acids is 2. The van der Waals surface area contributed by atoms with Gasteiger partial charge in [-0.2, -0.15) is 0 Å². The Morgan fingerprint density at radius 2 is 2.24 bits per heavy atom. The van der Waals surface area contributed by atoms with Gasteiger partial charge in [-0.3, -0.25) is 14.9 Å². The highest BCUT2D eigenvalue weighted by Crippen LogP contribution is 2.32. The third-order valence-electron chi connectivity index (χ3n) is 4.86. The quantitative estimate of drug-likeness (QED) is 0.744. The van der Waals surface area contributed by atoms with Crippen molar-refractivity contribution in [1.82, 2.24) is 10.2 Å². The first kappa shape index (κ1) is 17.7. The van der Waals surface area contributed by atoms with E-state index in [-0.39, 0.29) is 18.0 Å². The third-order valence-corrected chi connectivity index (χ3v) is 4.86. The molecule has 2 aliphatic rings. The van der Waals surface area contributed by atoms with E-state index in [1.807, 2.05) is 30.0 Å². The molecule has 3 rings (SSSR count). The Balaban J connectivity index is 1.48. The van der Waals surface area contributed by atoms with E-state index in [2.05, 4.69) is 10.6 Å². The molecular formula is C19H27N3O3. The fourth-order valence-corrected chi connectivity index (χ4v) is 3.55. The molecule has 0 aliphatic carbocycles. The van der Waals surface area contributed by atoms with Crippen molar-refractivity contribution < 1.29 is 14.3 Å². The molecule has 136 valence electrons. The van der Waals surface area contributed by atoms with Crippen LogP contribution in [0.25, 0.3) is 0 Å². The Labute approximate surface area is 148 Å².